The molecule has 2 fully saturated rings. The summed E-state index contributed by atoms with van der Waals surface area (Å²) in [4.78, 5) is 24.3. The zero-order chi connectivity index (χ0) is 20.9. The Morgan fingerprint density at radius 3 is 2.97 bits per heavy atom. The number of carbonyl (C=O) groups is 1. The number of ether oxygens (including phenoxy) is 1. The minimum Gasteiger partial charge on any atom is -0.368 e. The first-order chi connectivity index (χ1) is 14.6. The lowest BCUT2D eigenvalue weighted by Crippen LogP contribution is -2.46. The maximum atomic E-state index is 12.6. The van der Waals surface area contributed by atoms with Crippen molar-refractivity contribution in [2.24, 2.45) is 0 Å². The van der Waals surface area contributed by atoms with E-state index in [0.717, 1.165) is 73.9 Å². The second-order valence-electron chi connectivity index (χ2n) is 8.21. The number of aryl methyl sites for hydroxylation is 2. The molecule has 2 saturated heterocycles. The SMILES string of the molecule is CCc1ncc(-c2cc(C)no2)c(C2CCCN(CC(=O)[C@@H]3CNCCO3)CC2)n1. The molecule has 0 amide bonds. The number of Topliss-reactive ketones (excluding diaryl/α,β-unsaturated/α-hetero) is 1. The number of aromatic nitrogens is 3. The summed E-state index contributed by atoms with van der Waals surface area (Å²) < 4.78 is 11.1. The minimum absolute atomic E-state index is 0.175. The van der Waals surface area contributed by atoms with Crippen LogP contribution in [0.4, 0.5) is 0 Å². The summed E-state index contributed by atoms with van der Waals surface area (Å²) in [5.74, 6) is 2.06. The number of morpholine rings is 1. The van der Waals surface area contributed by atoms with E-state index < -0.39 is 0 Å². The lowest BCUT2D eigenvalue weighted by molar-refractivity contribution is -0.133. The number of ketones is 1. The second kappa shape index (κ2) is 9.76. The largest absolute Gasteiger partial charge is 0.368 e. The molecule has 0 bridgehead atoms. The summed E-state index contributed by atoms with van der Waals surface area (Å²) in [5.41, 5.74) is 2.83. The van der Waals surface area contributed by atoms with Crippen LogP contribution in [0.2, 0.25) is 0 Å². The molecule has 0 saturated carbocycles. The zero-order valence-corrected chi connectivity index (χ0v) is 17.9. The molecule has 30 heavy (non-hydrogen) atoms. The van der Waals surface area contributed by atoms with Crippen molar-refractivity contribution in [1.82, 2.24) is 25.3 Å². The molecule has 2 aliphatic rings. The van der Waals surface area contributed by atoms with Gasteiger partial charge in [-0.1, -0.05) is 12.1 Å². The number of rotatable bonds is 6. The van der Waals surface area contributed by atoms with E-state index in [1.807, 2.05) is 19.2 Å². The van der Waals surface area contributed by atoms with Crippen LogP contribution in [0.25, 0.3) is 11.3 Å². The number of nitrogens with zero attached hydrogens (tertiary/aromatic N) is 4. The normalized spacial score (nSPS) is 23.3. The molecular formula is C22H31N5O3. The number of hydrogen-bond donors (Lipinski definition) is 1. The van der Waals surface area contributed by atoms with Gasteiger partial charge in [-0.3, -0.25) is 9.69 Å². The molecule has 0 aromatic carbocycles. The predicted molar refractivity (Wildman–Crippen MR) is 112 cm³/mol. The van der Waals surface area contributed by atoms with Crippen molar-refractivity contribution in [3.8, 4) is 11.3 Å². The van der Waals surface area contributed by atoms with Gasteiger partial charge < -0.3 is 14.6 Å². The Labute approximate surface area is 177 Å². The van der Waals surface area contributed by atoms with Gasteiger partial charge in [0.1, 0.15) is 11.9 Å². The molecule has 0 radical (unpaired) electrons. The lowest BCUT2D eigenvalue weighted by atomic mass is 9.92. The van der Waals surface area contributed by atoms with Crippen LogP contribution in [0.5, 0.6) is 0 Å². The molecule has 0 spiro atoms. The van der Waals surface area contributed by atoms with Crippen LogP contribution in [-0.4, -0.2) is 71.2 Å². The third-order valence-electron chi connectivity index (χ3n) is 5.95. The molecule has 162 valence electrons. The smallest absolute Gasteiger partial charge is 0.176 e. The Morgan fingerprint density at radius 1 is 1.33 bits per heavy atom. The first-order valence-corrected chi connectivity index (χ1v) is 11.0. The predicted octanol–water partition coefficient (Wildman–Crippen LogP) is 2.13. The van der Waals surface area contributed by atoms with Gasteiger partial charge in [-0.25, -0.2) is 9.97 Å². The summed E-state index contributed by atoms with van der Waals surface area (Å²) in [6.07, 6.45) is 5.38. The summed E-state index contributed by atoms with van der Waals surface area (Å²) in [6.45, 7) is 8.28. The van der Waals surface area contributed by atoms with Gasteiger partial charge in [0.05, 0.1) is 30.1 Å². The zero-order valence-electron chi connectivity index (χ0n) is 17.9. The van der Waals surface area contributed by atoms with E-state index >= 15 is 0 Å². The molecule has 2 aromatic rings. The lowest BCUT2D eigenvalue weighted by Gasteiger charge is -2.26. The van der Waals surface area contributed by atoms with Gasteiger partial charge in [-0.15, -0.1) is 0 Å². The quantitative estimate of drug-likeness (QED) is 0.770. The highest BCUT2D eigenvalue weighted by atomic mass is 16.5. The van der Waals surface area contributed by atoms with E-state index in [9.17, 15) is 4.79 Å². The summed E-state index contributed by atoms with van der Waals surface area (Å²) >= 11 is 0. The van der Waals surface area contributed by atoms with Crippen LogP contribution >= 0.6 is 0 Å². The number of likely N-dealkylation sites (tertiary alicyclic amines) is 1. The number of carbonyl (C=O) groups excluding carboxylic acids is 1. The van der Waals surface area contributed by atoms with Gasteiger partial charge in [0, 0.05) is 37.7 Å². The average Bonchev–Trinajstić information content (AvgIpc) is 3.08. The first-order valence-electron chi connectivity index (χ1n) is 11.0. The monoisotopic (exact) mass is 413 g/mol. The molecular weight excluding hydrogens is 382 g/mol. The van der Waals surface area contributed by atoms with Gasteiger partial charge in [-0.05, 0) is 39.3 Å². The molecule has 0 aliphatic carbocycles. The van der Waals surface area contributed by atoms with E-state index in [1.54, 1.807) is 0 Å². The van der Waals surface area contributed by atoms with E-state index in [2.05, 4.69) is 27.3 Å². The molecule has 2 aliphatic heterocycles. The van der Waals surface area contributed by atoms with Crippen LogP contribution in [0.15, 0.2) is 16.8 Å². The van der Waals surface area contributed by atoms with Crippen LogP contribution in [0, 0.1) is 6.92 Å². The fraction of sp³-hybridized carbons (Fsp3) is 0.636. The van der Waals surface area contributed by atoms with Crippen LogP contribution in [-0.2, 0) is 16.0 Å². The van der Waals surface area contributed by atoms with Gasteiger partial charge in [-0.2, -0.15) is 0 Å². The van der Waals surface area contributed by atoms with E-state index in [4.69, 9.17) is 14.2 Å². The Kier molecular flexibility index (Phi) is 6.86. The molecule has 4 heterocycles. The van der Waals surface area contributed by atoms with E-state index in [0.29, 0.717) is 25.6 Å². The van der Waals surface area contributed by atoms with E-state index in [-0.39, 0.29) is 11.9 Å². The standard InChI is InChI=1S/C22H31N5O3/c1-3-21-24-12-17(19-11-15(2)26-30-19)22(25-21)16-5-4-8-27(9-6-16)14-18(28)20-13-23-7-10-29-20/h11-12,16,20,23H,3-10,13-14H2,1-2H3/t16?,20-/m0/s1. The Balaban J connectivity index is 1.46. The molecule has 8 nitrogen and oxygen atoms in total. The summed E-state index contributed by atoms with van der Waals surface area (Å²) in [5, 5.41) is 7.27. The minimum atomic E-state index is -0.312. The van der Waals surface area contributed by atoms with Crippen molar-refractivity contribution < 1.29 is 14.1 Å². The fourth-order valence-electron chi connectivity index (χ4n) is 4.28. The highest BCUT2D eigenvalue weighted by Crippen LogP contribution is 2.34. The van der Waals surface area contributed by atoms with Crippen molar-refractivity contribution >= 4 is 5.78 Å². The molecule has 8 heteroatoms. The summed E-state index contributed by atoms with van der Waals surface area (Å²) in [6, 6.07) is 1.94. The van der Waals surface area contributed by atoms with Crippen LogP contribution in [0.1, 0.15) is 49.3 Å². The van der Waals surface area contributed by atoms with Crippen molar-refractivity contribution in [3.63, 3.8) is 0 Å². The molecule has 1 unspecified atom stereocenters. The van der Waals surface area contributed by atoms with Crippen molar-refractivity contribution in [2.75, 3.05) is 39.3 Å². The number of nitrogens with one attached hydrogen (secondary N) is 1. The molecule has 2 aromatic heterocycles. The maximum Gasteiger partial charge on any atom is 0.176 e. The molecule has 1 N–H and O–H groups in total. The third kappa shape index (κ3) is 4.94. The maximum absolute atomic E-state index is 12.6. The van der Waals surface area contributed by atoms with Crippen molar-refractivity contribution in [3.05, 3.63) is 29.5 Å². The Hall–Kier alpha value is -2.16. The topological polar surface area (TPSA) is 93.4 Å². The summed E-state index contributed by atoms with van der Waals surface area (Å²) in [7, 11) is 0. The highest BCUT2D eigenvalue weighted by molar-refractivity contribution is 5.85. The van der Waals surface area contributed by atoms with Crippen molar-refractivity contribution in [2.45, 2.75) is 51.6 Å². The average molecular weight is 414 g/mol. The van der Waals surface area contributed by atoms with Crippen LogP contribution in [0.3, 0.4) is 0 Å². The molecule has 2 atom stereocenters. The third-order valence-corrected chi connectivity index (χ3v) is 5.95. The Morgan fingerprint density at radius 2 is 2.23 bits per heavy atom. The fourth-order valence-corrected chi connectivity index (χ4v) is 4.28. The van der Waals surface area contributed by atoms with Gasteiger partial charge in [0.15, 0.2) is 11.5 Å². The van der Waals surface area contributed by atoms with Gasteiger partial charge in [0.2, 0.25) is 0 Å². The van der Waals surface area contributed by atoms with Gasteiger partial charge in [0.25, 0.3) is 0 Å². The first kappa shape index (κ1) is 21.1. The Bertz CT molecular complexity index is 862. The van der Waals surface area contributed by atoms with Crippen molar-refractivity contribution in [1.29, 1.82) is 0 Å². The van der Waals surface area contributed by atoms with Gasteiger partial charge >= 0.3 is 0 Å². The number of hydrogen-bond acceptors (Lipinski definition) is 8. The highest BCUT2D eigenvalue weighted by Gasteiger charge is 2.27. The molecule has 4 rings (SSSR count). The van der Waals surface area contributed by atoms with E-state index in [1.165, 1.54) is 0 Å². The van der Waals surface area contributed by atoms with Crippen LogP contribution < -0.4 is 5.32 Å². The second-order valence-corrected chi connectivity index (χ2v) is 8.21.